The molecule has 32 heavy (non-hydrogen) atoms. The van der Waals surface area contributed by atoms with E-state index in [4.69, 9.17) is 4.74 Å². The van der Waals surface area contributed by atoms with E-state index >= 15 is 0 Å². The maximum Gasteiger partial charge on any atom is 0.286 e. The molecule has 13 nitrogen and oxygen atoms in total. The van der Waals surface area contributed by atoms with Crippen LogP contribution in [0.25, 0.3) is 11.2 Å². The van der Waals surface area contributed by atoms with Crippen LogP contribution < -0.4 is 10.9 Å². The normalized spacial score (nSPS) is 35.1. The fraction of sp³-hybridized carbons (Fsp3) is 0.368. The van der Waals surface area contributed by atoms with Crippen molar-refractivity contribution >= 4 is 22.9 Å². The van der Waals surface area contributed by atoms with E-state index in [1.807, 2.05) is 0 Å². The van der Waals surface area contributed by atoms with Gasteiger partial charge >= 0.3 is 0 Å². The third-order valence-electron chi connectivity index (χ3n) is 6.39. The van der Waals surface area contributed by atoms with E-state index in [1.54, 1.807) is 12.1 Å². The number of aromatic nitrogens is 4. The van der Waals surface area contributed by atoms with Crippen LogP contribution in [0.5, 0.6) is 0 Å². The number of fused-ring (bicyclic) bond motifs is 6. The Morgan fingerprint density at radius 2 is 1.91 bits per heavy atom. The van der Waals surface area contributed by atoms with Gasteiger partial charge in [-0.25, -0.2) is 9.55 Å². The number of rotatable bonds is 2. The number of anilines is 1. The molecular weight excluding hydrogens is 426 g/mol. The number of nitrogens with one attached hydrogen (secondary N) is 1. The van der Waals surface area contributed by atoms with E-state index in [0.717, 1.165) is 6.33 Å². The molecule has 1 fully saturated rings. The summed E-state index contributed by atoms with van der Waals surface area (Å²) in [6.45, 7) is -0.546. The Hall–Kier alpha value is -3.20. The van der Waals surface area contributed by atoms with Crippen LogP contribution in [0.1, 0.15) is 22.1 Å². The van der Waals surface area contributed by atoms with Crippen LogP contribution in [0.3, 0.4) is 0 Å². The minimum absolute atomic E-state index is 0.0553. The van der Waals surface area contributed by atoms with E-state index in [9.17, 15) is 35.1 Å². The Morgan fingerprint density at radius 1 is 1.16 bits per heavy atom. The molecule has 0 radical (unpaired) electrons. The number of carbonyl (C=O) groups excluding carboxylic acids is 1. The van der Waals surface area contributed by atoms with Crippen molar-refractivity contribution < 1.29 is 35.1 Å². The zero-order valence-electron chi connectivity index (χ0n) is 16.2. The first-order valence-electron chi connectivity index (χ1n) is 9.73. The van der Waals surface area contributed by atoms with Gasteiger partial charge in [-0.2, -0.15) is 4.98 Å². The van der Waals surface area contributed by atoms with Crippen molar-refractivity contribution in [2.75, 3.05) is 11.9 Å². The molecule has 3 aliphatic rings. The van der Waals surface area contributed by atoms with Crippen LogP contribution in [0, 0.1) is 0 Å². The van der Waals surface area contributed by atoms with E-state index < -0.39 is 53.9 Å². The van der Waals surface area contributed by atoms with Gasteiger partial charge in [-0.1, -0.05) is 24.3 Å². The summed E-state index contributed by atoms with van der Waals surface area (Å²) in [5.41, 5.74) is -6.16. The number of ketones is 1. The van der Waals surface area contributed by atoms with Crippen molar-refractivity contribution in [1.82, 2.24) is 19.1 Å². The molecule has 13 heteroatoms. The number of nitrogens with zero attached hydrogens (tertiary/aromatic N) is 4. The molecule has 6 N–H and O–H groups in total. The lowest BCUT2D eigenvalue weighted by atomic mass is 10.0. The molecule has 6 atom stereocenters. The van der Waals surface area contributed by atoms with Gasteiger partial charge in [0.15, 0.2) is 17.4 Å². The zero-order chi connectivity index (χ0) is 22.6. The van der Waals surface area contributed by atoms with Crippen molar-refractivity contribution in [3.63, 3.8) is 0 Å². The average Bonchev–Trinajstić information content (AvgIpc) is 3.44. The Bertz CT molecular complexity index is 1370. The van der Waals surface area contributed by atoms with Crippen molar-refractivity contribution in [3.8, 4) is 0 Å². The van der Waals surface area contributed by atoms with Gasteiger partial charge in [-0.15, -0.1) is 0 Å². The van der Waals surface area contributed by atoms with Crippen LogP contribution in [0.15, 0.2) is 35.4 Å². The van der Waals surface area contributed by atoms with Gasteiger partial charge in [0.05, 0.1) is 12.9 Å². The molecule has 1 aliphatic carbocycles. The fourth-order valence-corrected chi connectivity index (χ4v) is 4.76. The lowest BCUT2D eigenvalue weighted by Gasteiger charge is -2.29. The lowest BCUT2D eigenvalue weighted by molar-refractivity contribution is -0.139. The first kappa shape index (κ1) is 19.5. The SMILES string of the molecule is O=C1c2ccccc2[C@@]2(O)Nc3nc4c(ncn4[C@H]4O[C@@H](CO)[C@@H](O)[C@H]4O)c(=O)n3[C@]12O. The standard InChI is InChI=1S/C19H17N5O8/c25-5-9-11(26)12(27)16(32-9)23-6-20-10-14(23)21-17-22-18(30)8-4-2-1-3-7(8)13(28)19(18,31)24(17)15(10)29/h1-4,6,9,11-12,16,25-27,30-31H,5H2,(H,21,22)/t9-,11+,12+,16-,18-,19-/m0/s1. The summed E-state index contributed by atoms with van der Waals surface area (Å²) in [4.78, 5) is 34.6. The molecule has 0 spiro atoms. The molecule has 2 aliphatic heterocycles. The summed E-state index contributed by atoms with van der Waals surface area (Å²) in [5.74, 6) is -1.18. The van der Waals surface area contributed by atoms with Crippen molar-refractivity contribution in [3.05, 3.63) is 52.1 Å². The minimum Gasteiger partial charge on any atom is -0.394 e. The number of Topliss-reactive ketones (excluding diaryl/α,β-unsaturated/α-hetero) is 1. The van der Waals surface area contributed by atoms with Gasteiger partial charge in [0.1, 0.15) is 18.3 Å². The maximum atomic E-state index is 13.3. The van der Waals surface area contributed by atoms with Crippen LogP contribution >= 0.6 is 0 Å². The predicted octanol–water partition coefficient (Wildman–Crippen LogP) is -2.68. The van der Waals surface area contributed by atoms with Crippen molar-refractivity contribution in [2.24, 2.45) is 0 Å². The number of hydrogen-bond acceptors (Lipinski definition) is 11. The highest BCUT2D eigenvalue weighted by Crippen LogP contribution is 2.51. The van der Waals surface area contributed by atoms with Gasteiger partial charge < -0.3 is 35.6 Å². The van der Waals surface area contributed by atoms with E-state index in [1.165, 1.54) is 16.7 Å². The number of carbonyl (C=O) groups is 1. The van der Waals surface area contributed by atoms with Gasteiger partial charge in [0.2, 0.25) is 17.5 Å². The Kier molecular flexibility index (Phi) is 3.64. The average molecular weight is 443 g/mol. The number of hydrogen-bond donors (Lipinski definition) is 6. The summed E-state index contributed by atoms with van der Waals surface area (Å²) in [6.07, 6.45) is -3.95. The number of imidazole rings is 1. The van der Waals surface area contributed by atoms with Crippen molar-refractivity contribution in [1.29, 1.82) is 0 Å². The van der Waals surface area contributed by atoms with Crippen LogP contribution in [0.4, 0.5) is 5.95 Å². The number of aliphatic hydroxyl groups excluding tert-OH is 3. The van der Waals surface area contributed by atoms with Crippen LogP contribution in [-0.4, -0.2) is 75.3 Å². The summed E-state index contributed by atoms with van der Waals surface area (Å²) in [6, 6.07) is 6.02. The number of aliphatic hydroxyl groups is 5. The topological polar surface area (TPSA) is 192 Å². The molecular formula is C19H17N5O8. The van der Waals surface area contributed by atoms with Crippen LogP contribution in [0.2, 0.25) is 0 Å². The highest BCUT2D eigenvalue weighted by molar-refractivity contribution is 6.08. The van der Waals surface area contributed by atoms with E-state index in [-0.39, 0.29) is 28.2 Å². The second-order valence-electron chi connectivity index (χ2n) is 8.01. The predicted molar refractivity (Wildman–Crippen MR) is 103 cm³/mol. The summed E-state index contributed by atoms with van der Waals surface area (Å²) in [5, 5.41) is 54.9. The maximum absolute atomic E-state index is 13.3. The molecule has 3 aromatic rings. The van der Waals surface area contributed by atoms with Gasteiger partial charge in [0.25, 0.3) is 11.3 Å². The molecule has 4 heterocycles. The molecule has 0 bridgehead atoms. The van der Waals surface area contributed by atoms with Crippen LogP contribution in [-0.2, 0) is 16.2 Å². The summed E-state index contributed by atoms with van der Waals surface area (Å²) in [7, 11) is 0. The monoisotopic (exact) mass is 443 g/mol. The highest BCUT2D eigenvalue weighted by atomic mass is 16.6. The molecule has 1 aromatic carbocycles. The third-order valence-corrected chi connectivity index (χ3v) is 6.39. The molecule has 2 aromatic heterocycles. The second-order valence-corrected chi connectivity index (χ2v) is 8.01. The van der Waals surface area contributed by atoms with Crippen molar-refractivity contribution in [2.45, 2.75) is 36.0 Å². The molecule has 0 unspecified atom stereocenters. The quantitative estimate of drug-likeness (QED) is 0.242. The smallest absolute Gasteiger partial charge is 0.286 e. The van der Waals surface area contributed by atoms with Gasteiger partial charge in [-0.3, -0.25) is 14.2 Å². The Balaban J connectivity index is 1.55. The Morgan fingerprint density at radius 3 is 2.62 bits per heavy atom. The third kappa shape index (κ3) is 1.98. The molecule has 166 valence electrons. The first-order chi connectivity index (χ1) is 15.2. The fourth-order valence-electron chi connectivity index (χ4n) is 4.76. The molecule has 0 amide bonds. The molecule has 0 saturated carbocycles. The lowest BCUT2D eigenvalue weighted by Crippen LogP contribution is -2.54. The van der Waals surface area contributed by atoms with E-state index in [0.29, 0.717) is 4.57 Å². The van der Waals surface area contributed by atoms with Gasteiger partial charge in [0, 0.05) is 11.1 Å². The second kappa shape index (κ2) is 5.98. The van der Waals surface area contributed by atoms with Gasteiger partial charge in [-0.05, 0) is 0 Å². The molecule has 1 saturated heterocycles. The minimum atomic E-state index is -2.68. The highest BCUT2D eigenvalue weighted by Gasteiger charge is 2.69. The Labute approximate surface area is 177 Å². The first-order valence-corrected chi connectivity index (χ1v) is 9.73. The largest absolute Gasteiger partial charge is 0.394 e. The number of benzene rings is 1. The molecule has 6 rings (SSSR count). The van der Waals surface area contributed by atoms with E-state index in [2.05, 4.69) is 15.3 Å². The zero-order valence-corrected chi connectivity index (χ0v) is 16.2. The summed E-state index contributed by atoms with van der Waals surface area (Å²) >= 11 is 0. The summed E-state index contributed by atoms with van der Waals surface area (Å²) < 4.78 is 7.33. The number of ether oxygens (including phenoxy) is 1.